The molecule has 31 heavy (non-hydrogen) atoms. The van der Waals surface area contributed by atoms with Gasteiger partial charge in [-0.15, -0.1) is 0 Å². The molecule has 7 nitrogen and oxygen atoms in total. The van der Waals surface area contributed by atoms with Crippen molar-refractivity contribution < 1.29 is 14.4 Å². The number of carbonyl (C=O) groups is 3. The Kier molecular flexibility index (Phi) is 5.62. The summed E-state index contributed by atoms with van der Waals surface area (Å²) in [4.78, 5) is 42.6. The highest BCUT2D eigenvalue weighted by Gasteiger charge is 2.39. The fourth-order valence-corrected chi connectivity index (χ4v) is 4.06. The molecule has 1 fully saturated rings. The molecule has 3 heterocycles. The molecule has 162 valence electrons. The van der Waals surface area contributed by atoms with Crippen molar-refractivity contribution in [3.05, 3.63) is 53.2 Å². The maximum Gasteiger partial charge on any atom is 0.255 e. The van der Waals surface area contributed by atoms with Crippen LogP contribution in [0.25, 0.3) is 11.3 Å². The van der Waals surface area contributed by atoms with Gasteiger partial charge in [-0.1, -0.05) is 26.8 Å². The number of imide groups is 1. The second kappa shape index (κ2) is 8.23. The van der Waals surface area contributed by atoms with Gasteiger partial charge < -0.3 is 10.2 Å². The average Bonchev–Trinajstić information content (AvgIpc) is 3.03. The lowest BCUT2D eigenvalue weighted by Gasteiger charge is -2.29. The maximum atomic E-state index is 12.9. The maximum absolute atomic E-state index is 12.9. The number of amides is 3. The van der Waals surface area contributed by atoms with E-state index in [2.05, 4.69) is 42.5 Å². The van der Waals surface area contributed by atoms with Crippen molar-refractivity contribution in [2.75, 3.05) is 6.54 Å². The van der Waals surface area contributed by atoms with Crippen molar-refractivity contribution in [1.82, 2.24) is 20.5 Å². The van der Waals surface area contributed by atoms with Crippen LogP contribution in [0.2, 0.25) is 0 Å². The zero-order valence-electron chi connectivity index (χ0n) is 18.2. The minimum atomic E-state index is -0.601. The molecule has 2 aliphatic heterocycles. The monoisotopic (exact) mass is 420 g/mol. The zero-order chi connectivity index (χ0) is 22.2. The lowest BCUT2D eigenvalue weighted by Crippen LogP contribution is -2.52. The number of piperidine rings is 1. The molecule has 2 aliphatic rings. The van der Waals surface area contributed by atoms with Gasteiger partial charge in [-0.2, -0.15) is 0 Å². The van der Waals surface area contributed by atoms with E-state index < -0.39 is 11.9 Å². The number of nitrogens with one attached hydrogen (secondary N) is 2. The topological polar surface area (TPSA) is 91.4 Å². The van der Waals surface area contributed by atoms with Gasteiger partial charge in [0.15, 0.2) is 0 Å². The van der Waals surface area contributed by atoms with Gasteiger partial charge >= 0.3 is 0 Å². The number of pyridine rings is 1. The number of rotatable bonds is 5. The third-order valence-electron chi connectivity index (χ3n) is 5.63. The summed E-state index contributed by atoms with van der Waals surface area (Å²) >= 11 is 0. The fourth-order valence-electron chi connectivity index (χ4n) is 4.06. The highest BCUT2D eigenvalue weighted by Crippen LogP contribution is 2.30. The first-order valence-electron chi connectivity index (χ1n) is 10.6. The van der Waals surface area contributed by atoms with Crippen LogP contribution < -0.4 is 10.6 Å². The summed E-state index contributed by atoms with van der Waals surface area (Å²) in [6.45, 7) is 8.63. The molecule has 1 atom stereocenters. The van der Waals surface area contributed by atoms with Gasteiger partial charge in [0.2, 0.25) is 11.8 Å². The first kappa shape index (κ1) is 21.2. The van der Waals surface area contributed by atoms with Gasteiger partial charge in [0.05, 0.1) is 5.69 Å². The SMILES string of the molecule is CC(C)(C)CNCc1ccnc(-c2ccc3c(c2)CN(C2CCC(=O)NC2=O)C3=O)c1. The second-order valence-electron chi connectivity index (χ2n) is 9.49. The van der Waals surface area contributed by atoms with Crippen LogP contribution in [0.1, 0.15) is 55.1 Å². The lowest BCUT2D eigenvalue weighted by molar-refractivity contribution is -0.136. The van der Waals surface area contributed by atoms with Crippen molar-refractivity contribution >= 4 is 17.7 Å². The summed E-state index contributed by atoms with van der Waals surface area (Å²) < 4.78 is 0. The van der Waals surface area contributed by atoms with E-state index in [1.54, 1.807) is 11.1 Å². The normalized spacial score (nSPS) is 18.9. The van der Waals surface area contributed by atoms with Crippen LogP contribution in [0.5, 0.6) is 0 Å². The quantitative estimate of drug-likeness (QED) is 0.726. The Balaban J connectivity index is 1.50. The van der Waals surface area contributed by atoms with E-state index >= 15 is 0 Å². The molecule has 4 rings (SSSR count). The average molecular weight is 421 g/mol. The highest BCUT2D eigenvalue weighted by molar-refractivity contribution is 6.05. The summed E-state index contributed by atoms with van der Waals surface area (Å²) in [7, 11) is 0. The number of nitrogens with zero attached hydrogens (tertiary/aromatic N) is 2. The Hall–Kier alpha value is -3.06. The van der Waals surface area contributed by atoms with Crippen LogP contribution in [-0.2, 0) is 22.7 Å². The van der Waals surface area contributed by atoms with Gasteiger partial charge in [0.1, 0.15) is 6.04 Å². The van der Waals surface area contributed by atoms with Crippen LogP contribution in [0.4, 0.5) is 0 Å². The highest BCUT2D eigenvalue weighted by atomic mass is 16.2. The number of hydrogen-bond acceptors (Lipinski definition) is 5. The summed E-state index contributed by atoms with van der Waals surface area (Å²) in [6, 6.07) is 9.15. The molecule has 7 heteroatoms. The van der Waals surface area contributed by atoms with Crippen molar-refractivity contribution in [2.24, 2.45) is 5.41 Å². The molecule has 0 spiro atoms. The summed E-state index contributed by atoms with van der Waals surface area (Å²) in [5.74, 6) is -0.838. The van der Waals surface area contributed by atoms with Crippen LogP contribution in [-0.4, -0.2) is 40.2 Å². The van der Waals surface area contributed by atoms with Crippen molar-refractivity contribution in [3.63, 3.8) is 0 Å². The van der Waals surface area contributed by atoms with Gasteiger partial charge in [0.25, 0.3) is 5.91 Å². The van der Waals surface area contributed by atoms with Crippen molar-refractivity contribution in [3.8, 4) is 11.3 Å². The molecule has 1 unspecified atom stereocenters. The molecule has 0 bridgehead atoms. The molecule has 0 saturated carbocycles. The van der Waals surface area contributed by atoms with Gasteiger partial charge in [-0.05, 0) is 47.2 Å². The number of hydrogen-bond donors (Lipinski definition) is 2. The van der Waals surface area contributed by atoms with E-state index in [-0.39, 0.29) is 23.7 Å². The van der Waals surface area contributed by atoms with Gasteiger partial charge in [-0.25, -0.2) is 0 Å². The molecule has 2 aromatic rings. The first-order chi connectivity index (χ1) is 14.7. The van der Waals surface area contributed by atoms with Crippen molar-refractivity contribution in [2.45, 2.75) is 52.7 Å². The number of aromatic nitrogens is 1. The fraction of sp³-hybridized carbons (Fsp3) is 0.417. The zero-order valence-corrected chi connectivity index (χ0v) is 18.2. The third-order valence-corrected chi connectivity index (χ3v) is 5.63. The van der Waals surface area contributed by atoms with Gasteiger partial charge in [-0.3, -0.25) is 24.7 Å². The second-order valence-corrected chi connectivity index (χ2v) is 9.49. The molecule has 0 radical (unpaired) electrons. The molecule has 1 aromatic carbocycles. The minimum Gasteiger partial charge on any atom is -0.322 e. The Morgan fingerprint density at radius 2 is 1.97 bits per heavy atom. The molecule has 2 N–H and O–H groups in total. The van der Waals surface area contributed by atoms with Crippen LogP contribution in [0.15, 0.2) is 36.5 Å². The summed E-state index contributed by atoms with van der Waals surface area (Å²) in [5, 5.41) is 5.81. The Morgan fingerprint density at radius 3 is 2.71 bits per heavy atom. The van der Waals surface area contributed by atoms with E-state index in [4.69, 9.17) is 0 Å². The molecular formula is C24H28N4O3. The summed E-state index contributed by atoms with van der Waals surface area (Å²) in [6.07, 6.45) is 2.42. The van der Waals surface area contributed by atoms with Gasteiger partial charge in [0, 0.05) is 43.4 Å². The number of carbonyl (C=O) groups excluding carboxylic acids is 3. The number of benzene rings is 1. The van der Waals surface area contributed by atoms with E-state index in [1.807, 2.05) is 24.3 Å². The number of fused-ring (bicyclic) bond motifs is 1. The Morgan fingerprint density at radius 1 is 1.16 bits per heavy atom. The molecule has 3 amide bonds. The van der Waals surface area contributed by atoms with E-state index in [1.165, 1.54) is 0 Å². The predicted molar refractivity (Wildman–Crippen MR) is 117 cm³/mol. The van der Waals surface area contributed by atoms with Crippen molar-refractivity contribution in [1.29, 1.82) is 0 Å². The van der Waals surface area contributed by atoms with E-state index in [0.29, 0.717) is 18.5 Å². The first-order valence-corrected chi connectivity index (χ1v) is 10.6. The van der Waals surface area contributed by atoms with Crippen LogP contribution >= 0.6 is 0 Å². The van der Waals surface area contributed by atoms with Crippen LogP contribution in [0, 0.1) is 5.41 Å². The predicted octanol–water partition coefficient (Wildman–Crippen LogP) is 2.65. The smallest absolute Gasteiger partial charge is 0.255 e. The molecule has 1 aromatic heterocycles. The molecular weight excluding hydrogens is 392 g/mol. The lowest BCUT2D eigenvalue weighted by atomic mass is 9.97. The molecule has 0 aliphatic carbocycles. The summed E-state index contributed by atoms with van der Waals surface area (Å²) in [5.41, 5.74) is 4.65. The van der Waals surface area contributed by atoms with E-state index in [9.17, 15) is 14.4 Å². The Bertz CT molecular complexity index is 1040. The van der Waals surface area contributed by atoms with Crippen LogP contribution in [0.3, 0.4) is 0 Å². The Labute approximate surface area is 182 Å². The van der Waals surface area contributed by atoms with E-state index in [0.717, 1.165) is 35.5 Å². The molecule has 1 saturated heterocycles. The third kappa shape index (κ3) is 4.66. The standard InChI is InChI=1S/C24H28N4O3/c1-24(2,3)14-25-12-15-8-9-26-19(10-15)16-4-5-18-17(11-16)13-28(23(18)31)20-6-7-21(29)27-22(20)30/h4-5,8-11,20,25H,6-7,12-14H2,1-3H3,(H,27,29,30). The largest absolute Gasteiger partial charge is 0.322 e. The minimum absolute atomic E-state index is 0.163.